The number of anilines is 1. The van der Waals surface area contributed by atoms with E-state index in [1.165, 1.54) is 18.6 Å². The first-order valence-corrected chi connectivity index (χ1v) is 7.09. The summed E-state index contributed by atoms with van der Waals surface area (Å²) in [5.41, 5.74) is 4.65. The average molecular weight is 324 g/mol. The van der Waals surface area contributed by atoms with Crippen LogP contribution in [-0.2, 0) is 0 Å². The molecule has 2 aromatic heterocycles. The normalized spacial score (nSPS) is 11.6. The van der Waals surface area contributed by atoms with E-state index in [4.69, 9.17) is 4.42 Å². The molecule has 0 saturated carbocycles. The fourth-order valence-corrected chi connectivity index (χ4v) is 2.37. The quantitative estimate of drug-likeness (QED) is 0.455. The number of hydrogen-bond donors (Lipinski definition) is 1. The van der Waals surface area contributed by atoms with E-state index < -0.39 is 11.6 Å². The Morgan fingerprint density at radius 2 is 1.96 bits per heavy atom. The van der Waals surface area contributed by atoms with Crippen molar-refractivity contribution in [3.8, 4) is 0 Å². The van der Waals surface area contributed by atoms with Gasteiger partial charge in [0.2, 0.25) is 0 Å². The molecule has 0 unspecified atom stereocenters. The highest BCUT2D eigenvalue weighted by Crippen LogP contribution is 2.30. The number of aromatic nitrogens is 2. The Balaban J connectivity index is 1.68. The van der Waals surface area contributed by atoms with Crippen LogP contribution in [0.15, 0.2) is 58.3 Å². The molecule has 0 bridgehead atoms. The molecule has 1 N–H and O–H groups in total. The lowest BCUT2D eigenvalue weighted by atomic mass is 10.2. The lowest BCUT2D eigenvalue weighted by Crippen LogP contribution is -1.96. The summed E-state index contributed by atoms with van der Waals surface area (Å²) in [6, 6.07) is 10.7. The van der Waals surface area contributed by atoms with Crippen LogP contribution in [0.3, 0.4) is 0 Å². The van der Waals surface area contributed by atoms with Crippen molar-refractivity contribution in [1.82, 2.24) is 9.97 Å². The third-order valence-electron chi connectivity index (χ3n) is 3.49. The Hall–Kier alpha value is -3.35. The fourth-order valence-electron chi connectivity index (χ4n) is 2.37. The summed E-state index contributed by atoms with van der Waals surface area (Å²) in [5, 5.41) is 4.80. The van der Waals surface area contributed by atoms with Crippen molar-refractivity contribution < 1.29 is 13.2 Å². The van der Waals surface area contributed by atoms with Gasteiger partial charge in [-0.05, 0) is 24.3 Å². The van der Waals surface area contributed by atoms with Crippen LogP contribution >= 0.6 is 0 Å². The summed E-state index contributed by atoms with van der Waals surface area (Å²) in [6.45, 7) is 0. The van der Waals surface area contributed by atoms with Gasteiger partial charge >= 0.3 is 0 Å². The molecule has 0 fully saturated rings. The van der Waals surface area contributed by atoms with Gasteiger partial charge in [-0.25, -0.2) is 18.7 Å². The zero-order valence-corrected chi connectivity index (χ0v) is 12.2. The predicted molar refractivity (Wildman–Crippen MR) is 86.9 cm³/mol. The third-order valence-corrected chi connectivity index (χ3v) is 3.49. The lowest BCUT2D eigenvalue weighted by Gasteiger charge is -2.00. The van der Waals surface area contributed by atoms with E-state index in [9.17, 15) is 8.78 Å². The highest BCUT2D eigenvalue weighted by molar-refractivity contribution is 6.05. The van der Waals surface area contributed by atoms with Crippen molar-refractivity contribution in [3.05, 3.63) is 66.0 Å². The summed E-state index contributed by atoms with van der Waals surface area (Å²) in [7, 11) is 0. The van der Waals surface area contributed by atoms with Gasteiger partial charge in [0.25, 0.3) is 0 Å². The molecule has 0 aliphatic rings. The molecule has 0 aliphatic carbocycles. The molecule has 0 amide bonds. The summed E-state index contributed by atoms with van der Waals surface area (Å²) in [4.78, 5) is 8.31. The van der Waals surface area contributed by atoms with Gasteiger partial charge in [0.1, 0.15) is 29.1 Å². The highest BCUT2D eigenvalue weighted by atomic mass is 19.1. The maximum Gasteiger partial charge on any atom is 0.197 e. The van der Waals surface area contributed by atoms with Gasteiger partial charge in [-0.3, -0.25) is 5.43 Å². The molecule has 0 aliphatic heterocycles. The summed E-state index contributed by atoms with van der Waals surface area (Å²) in [5.74, 6) is -0.982. The first kappa shape index (κ1) is 14.3. The van der Waals surface area contributed by atoms with Crippen LogP contribution < -0.4 is 5.43 Å². The molecule has 0 saturated heterocycles. The number of fused-ring (bicyclic) bond motifs is 3. The van der Waals surface area contributed by atoms with E-state index in [0.29, 0.717) is 22.5 Å². The van der Waals surface area contributed by atoms with Gasteiger partial charge in [-0.1, -0.05) is 12.1 Å². The Kier molecular flexibility index (Phi) is 3.38. The monoisotopic (exact) mass is 324 g/mol. The number of furan rings is 1. The zero-order valence-electron chi connectivity index (χ0n) is 12.2. The number of benzene rings is 2. The number of nitrogens with one attached hydrogen (secondary N) is 1. The number of para-hydroxylation sites is 1. The number of nitrogens with zero attached hydrogens (tertiary/aromatic N) is 3. The van der Waals surface area contributed by atoms with E-state index in [2.05, 4.69) is 20.5 Å². The molecule has 24 heavy (non-hydrogen) atoms. The van der Waals surface area contributed by atoms with E-state index in [-0.39, 0.29) is 5.56 Å². The largest absolute Gasteiger partial charge is 0.450 e. The topological polar surface area (TPSA) is 63.3 Å². The molecule has 0 radical (unpaired) electrons. The zero-order chi connectivity index (χ0) is 16.5. The maximum atomic E-state index is 13.6. The fraction of sp³-hybridized carbons (Fsp3) is 0. The number of hydrogen-bond acceptors (Lipinski definition) is 5. The van der Waals surface area contributed by atoms with Crippen molar-refractivity contribution >= 4 is 34.1 Å². The number of halogens is 2. The van der Waals surface area contributed by atoms with Crippen molar-refractivity contribution in [2.75, 3.05) is 5.43 Å². The molecule has 0 spiro atoms. The van der Waals surface area contributed by atoms with Crippen LogP contribution in [0.1, 0.15) is 5.56 Å². The van der Waals surface area contributed by atoms with Crippen molar-refractivity contribution in [2.24, 2.45) is 5.10 Å². The second-order valence-corrected chi connectivity index (χ2v) is 5.03. The average Bonchev–Trinajstić information content (AvgIpc) is 2.96. The molecule has 2 heterocycles. The van der Waals surface area contributed by atoms with Gasteiger partial charge in [-0.2, -0.15) is 5.10 Å². The molecular formula is C17H10F2N4O. The Morgan fingerprint density at radius 1 is 1.08 bits per heavy atom. The predicted octanol–water partition coefficient (Wildman–Crippen LogP) is 4.10. The van der Waals surface area contributed by atoms with Crippen LogP contribution in [0, 0.1) is 11.6 Å². The smallest absolute Gasteiger partial charge is 0.197 e. The highest BCUT2D eigenvalue weighted by Gasteiger charge is 2.12. The number of rotatable bonds is 3. The second kappa shape index (κ2) is 5.69. The van der Waals surface area contributed by atoms with Crippen LogP contribution in [-0.4, -0.2) is 16.2 Å². The molecule has 7 heteroatoms. The van der Waals surface area contributed by atoms with Crippen molar-refractivity contribution in [3.63, 3.8) is 0 Å². The van der Waals surface area contributed by atoms with Gasteiger partial charge in [0, 0.05) is 17.0 Å². The van der Waals surface area contributed by atoms with Crippen LogP contribution in [0.5, 0.6) is 0 Å². The van der Waals surface area contributed by atoms with Gasteiger partial charge in [-0.15, -0.1) is 0 Å². The van der Waals surface area contributed by atoms with Crippen LogP contribution in [0.25, 0.3) is 22.1 Å². The standard InChI is InChI=1S/C17H10F2N4O/c18-11-6-5-10(13(19)7-11)8-22-23-17-16-15(20-9-21-17)12-3-1-2-4-14(12)24-16/h1-9H,(H,20,21,23)/b22-8-. The van der Waals surface area contributed by atoms with Gasteiger partial charge < -0.3 is 4.42 Å². The van der Waals surface area contributed by atoms with Crippen molar-refractivity contribution in [1.29, 1.82) is 0 Å². The van der Waals surface area contributed by atoms with E-state index in [0.717, 1.165) is 17.5 Å². The summed E-state index contributed by atoms with van der Waals surface area (Å²) in [6.07, 6.45) is 2.63. The Labute approximate surface area is 134 Å². The lowest BCUT2D eigenvalue weighted by molar-refractivity contribution is 0.582. The molecular weight excluding hydrogens is 314 g/mol. The molecule has 0 atom stereocenters. The molecule has 5 nitrogen and oxygen atoms in total. The molecule has 4 aromatic rings. The summed E-state index contributed by atoms with van der Waals surface area (Å²) < 4.78 is 32.2. The third kappa shape index (κ3) is 2.45. The van der Waals surface area contributed by atoms with E-state index in [1.807, 2.05) is 24.3 Å². The molecule has 118 valence electrons. The Morgan fingerprint density at radius 3 is 2.83 bits per heavy atom. The van der Waals surface area contributed by atoms with Crippen molar-refractivity contribution in [2.45, 2.75) is 0 Å². The minimum absolute atomic E-state index is 0.152. The molecule has 4 rings (SSSR count). The minimum atomic E-state index is -0.697. The maximum absolute atomic E-state index is 13.6. The van der Waals surface area contributed by atoms with Gasteiger partial charge in [0.05, 0.1) is 6.21 Å². The minimum Gasteiger partial charge on any atom is -0.450 e. The summed E-state index contributed by atoms with van der Waals surface area (Å²) >= 11 is 0. The first-order valence-electron chi connectivity index (χ1n) is 7.09. The number of hydrazone groups is 1. The SMILES string of the molecule is Fc1ccc(/C=N\Nc2ncnc3c2oc2ccccc23)c(F)c1. The van der Waals surface area contributed by atoms with Gasteiger partial charge in [0.15, 0.2) is 11.4 Å². The van der Waals surface area contributed by atoms with Crippen LogP contribution in [0.2, 0.25) is 0 Å². The Bertz CT molecular complexity index is 1070. The first-order chi connectivity index (χ1) is 11.7. The van der Waals surface area contributed by atoms with Crippen LogP contribution in [0.4, 0.5) is 14.6 Å². The molecule has 2 aromatic carbocycles. The second-order valence-electron chi connectivity index (χ2n) is 5.03. The van der Waals surface area contributed by atoms with E-state index >= 15 is 0 Å². The van der Waals surface area contributed by atoms with E-state index in [1.54, 1.807) is 0 Å².